The van der Waals surface area contributed by atoms with E-state index in [1.807, 2.05) is 55.5 Å². The molecular weight excluding hydrogens is 438 g/mol. The van der Waals surface area contributed by atoms with E-state index in [0.29, 0.717) is 22.5 Å². The van der Waals surface area contributed by atoms with Gasteiger partial charge in [0.1, 0.15) is 0 Å². The molecule has 6 nitrogen and oxygen atoms in total. The Kier molecular flexibility index (Phi) is 6.75. The van der Waals surface area contributed by atoms with Crippen LogP contribution in [-0.2, 0) is 24.4 Å². The molecule has 3 aromatic carbocycles. The Balaban J connectivity index is 1.60. The van der Waals surface area contributed by atoms with E-state index < -0.39 is 11.2 Å². The topological polar surface area (TPSA) is 73.1 Å². The summed E-state index contributed by atoms with van der Waals surface area (Å²) >= 11 is 6.13. The summed E-state index contributed by atoms with van der Waals surface area (Å²) in [6, 6.07) is 22.1. The first-order valence-electron chi connectivity index (χ1n) is 10.7. The Morgan fingerprint density at radius 3 is 2.30 bits per heavy atom. The number of amides is 1. The first-order chi connectivity index (χ1) is 16.0. The van der Waals surface area contributed by atoms with Gasteiger partial charge in [-0.15, -0.1) is 0 Å². The SMILES string of the molecule is Cc1ccccc1Cn1c(=O)n(CCC(=O)NCc2ccccc2Cl)c(=O)c2ccccc21. The molecular formula is C26H24ClN3O3. The monoisotopic (exact) mass is 461 g/mol. The number of benzene rings is 3. The smallest absolute Gasteiger partial charge is 0.331 e. The Bertz CT molecular complexity index is 1440. The fraction of sp³-hybridized carbons (Fsp3) is 0.192. The third kappa shape index (κ3) is 4.91. The second-order valence-electron chi connectivity index (χ2n) is 7.89. The van der Waals surface area contributed by atoms with Gasteiger partial charge in [0.2, 0.25) is 5.91 Å². The van der Waals surface area contributed by atoms with Crippen molar-refractivity contribution in [3.63, 3.8) is 0 Å². The molecule has 0 radical (unpaired) electrons. The number of fused-ring (bicyclic) bond motifs is 1. The number of carbonyl (C=O) groups excluding carboxylic acids is 1. The number of hydrogen-bond donors (Lipinski definition) is 1. The minimum atomic E-state index is -0.430. The van der Waals surface area contributed by atoms with Gasteiger partial charge in [-0.05, 0) is 41.8 Å². The minimum absolute atomic E-state index is 0.00229. The lowest BCUT2D eigenvalue weighted by Crippen LogP contribution is -2.41. The molecule has 0 aliphatic heterocycles. The maximum atomic E-state index is 13.3. The average Bonchev–Trinajstić information content (AvgIpc) is 2.82. The van der Waals surface area contributed by atoms with Crippen LogP contribution in [0.2, 0.25) is 5.02 Å². The van der Waals surface area contributed by atoms with Crippen LogP contribution in [0.3, 0.4) is 0 Å². The van der Waals surface area contributed by atoms with Gasteiger partial charge in [-0.25, -0.2) is 4.79 Å². The van der Waals surface area contributed by atoms with Crippen LogP contribution in [-0.4, -0.2) is 15.0 Å². The Morgan fingerprint density at radius 2 is 1.55 bits per heavy atom. The first-order valence-corrected chi connectivity index (χ1v) is 11.1. The van der Waals surface area contributed by atoms with Gasteiger partial charge in [-0.1, -0.05) is 66.2 Å². The van der Waals surface area contributed by atoms with Crippen molar-refractivity contribution < 1.29 is 4.79 Å². The van der Waals surface area contributed by atoms with Crippen molar-refractivity contribution >= 4 is 28.4 Å². The van der Waals surface area contributed by atoms with Crippen LogP contribution >= 0.6 is 11.6 Å². The molecule has 0 saturated carbocycles. The fourth-order valence-electron chi connectivity index (χ4n) is 3.82. The molecule has 4 rings (SSSR count). The number of para-hydroxylation sites is 1. The normalized spacial score (nSPS) is 11.0. The molecule has 0 aliphatic rings. The Hall–Kier alpha value is -3.64. The van der Waals surface area contributed by atoms with Gasteiger partial charge >= 0.3 is 5.69 Å². The van der Waals surface area contributed by atoms with Gasteiger partial charge < -0.3 is 5.32 Å². The summed E-state index contributed by atoms with van der Waals surface area (Å²) in [5.74, 6) is -0.264. The minimum Gasteiger partial charge on any atom is -0.352 e. The third-order valence-corrected chi connectivity index (χ3v) is 6.09. The number of hydrogen-bond acceptors (Lipinski definition) is 3. The molecule has 168 valence electrons. The second kappa shape index (κ2) is 9.88. The van der Waals surface area contributed by atoms with Crippen LogP contribution < -0.4 is 16.6 Å². The highest BCUT2D eigenvalue weighted by atomic mass is 35.5. The third-order valence-electron chi connectivity index (χ3n) is 5.72. The number of aromatic nitrogens is 2. The molecule has 0 spiro atoms. The maximum absolute atomic E-state index is 13.3. The summed E-state index contributed by atoms with van der Waals surface area (Å²) in [7, 11) is 0. The summed E-state index contributed by atoms with van der Waals surface area (Å²) in [5, 5.41) is 3.82. The van der Waals surface area contributed by atoms with Gasteiger partial charge in [0.25, 0.3) is 5.56 Å². The Morgan fingerprint density at radius 1 is 0.879 bits per heavy atom. The molecule has 1 N–H and O–H groups in total. The molecule has 0 bridgehead atoms. The zero-order chi connectivity index (χ0) is 23.4. The molecule has 7 heteroatoms. The van der Waals surface area contributed by atoms with Gasteiger partial charge in [-0.2, -0.15) is 0 Å². The van der Waals surface area contributed by atoms with Gasteiger partial charge in [0, 0.05) is 24.5 Å². The number of aryl methyl sites for hydroxylation is 1. The molecule has 4 aromatic rings. The highest BCUT2D eigenvalue weighted by molar-refractivity contribution is 6.31. The van der Waals surface area contributed by atoms with Gasteiger partial charge in [0.15, 0.2) is 0 Å². The predicted molar refractivity (Wildman–Crippen MR) is 131 cm³/mol. The standard InChI is InChI=1S/C26H24ClN3O3/c1-18-8-2-3-10-20(18)17-30-23-13-7-5-11-21(23)25(32)29(26(30)33)15-14-24(31)28-16-19-9-4-6-12-22(19)27/h2-13H,14-17H2,1H3,(H,28,31). The second-order valence-corrected chi connectivity index (χ2v) is 8.29. The zero-order valence-corrected chi connectivity index (χ0v) is 19.0. The summed E-state index contributed by atoms with van der Waals surface area (Å²) in [4.78, 5) is 38.8. The van der Waals surface area contributed by atoms with E-state index >= 15 is 0 Å². The molecule has 0 atom stereocenters. The van der Waals surface area contributed by atoms with E-state index in [0.717, 1.165) is 21.3 Å². The fourth-order valence-corrected chi connectivity index (χ4v) is 4.02. The largest absolute Gasteiger partial charge is 0.352 e. The van der Waals surface area contributed by atoms with Crippen molar-refractivity contribution in [1.82, 2.24) is 14.5 Å². The van der Waals surface area contributed by atoms with Crippen LogP contribution in [0.5, 0.6) is 0 Å². The van der Waals surface area contributed by atoms with E-state index in [4.69, 9.17) is 11.6 Å². The number of halogens is 1. The van der Waals surface area contributed by atoms with Crippen LogP contribution in [0.15, 0.2) is 82.4 Å². The molecule has 1 aromatic heterocycles. The average molecular weight is 462 g/mol. The van der Waals surface area contributed by atoms with Crippen molar-refractivity contribution in [3.05, 3.63) is 115 Å². The zero-order valence-electron chi connectivity index (χ0n) is 18.3. The van der Waals surface area contributed by atoms with Crippen molar-refractivity contribution in [2.24, 2.45) is 0 Å². The highest BCUT2D eigenvalue weighted by Crippen LogP contribution is 2.15. The summed E-state index contributed by atoms with van der Waals surface area (Å²) in [6.45, 7) is 2.60. The van der Waals surface area contributed by atoms with Crippen molar-refractivity contribution in [2.75, 3.05) is 0 Å². The number of rotatable bonds is 7. The Labute approximate surface area is 196 Å². The lowest BCUT2D eigenvalue weighted by molar-refractivity contribution is -0.121. The molecule has 0 unspecified atom stereocenters. The quantitative estimate of drug-likeness (QED) is 0.454. The molecule has 0 aliphatic carbocycles. The first kappa shape index (κ1) is 22.6. The number of carbonyl (C=O) groups is 1. The van der Waals surface area contributed by atoms with Gasteiger partial charge in [-0.3, -0.25) is 18.7 Å². The summed E-state index contributed by atoms with van der Waals surface area (Å²) < 4.78 is 2.75. The van der Waals surface area contributed by atoms with E-state index in [-0.39, 0.29) is 25.4 Å². The highest BCUT2D eigenvalue weighted by Gasteiger charge is 2.15. The van der Waals surface area contributed by atoms with Gasteiger partial charge in [0.05, 0.1) is 17.4 Å². The lowest BCUT2D eigenvalue weighted by atomic mass is 10.1. The molecule has 33 heavy (non-hydrogen) atoms. The predicted octanol–water partition coefficient (Wildman–Crippen LogP) is 3.88. The molecule has 0 fully saturated rings. The molecule has 0 saturated heterocycles. The van der Waals surface area contributed by atoms with Crippen molar-refractivity contribution in [3.8, 4) is 0 Å². The van der Waals surface area contributed by atoms with E-state index in [2.05, 4.69) is 5.32 Å². The van der Waals surface area contributed by atoms with Crippen LogP contribution in [0, 0.1) is 6.92 Å². The number of nitrogens with one attached hydrogen (secondary N) is 1. The van der Waals surface area contributed by atoms with Crippen molar-refractivity contribution in [1.29, 1.82) is 0 Å². The van der Waals surface area contributed by atoms with Crippen molar-refractivity contribution in [2.45, 2.75) is 33.0 Å². The summed E-state index contributed by atoms with van der Waals surface area (Å²) in [6.07, 6.45) is 0.00229. The van der Waals surface area contributed by atoms with Crippen LogP contribution in [0.1, 0.15) is 23.1 Å². The molecule has 1 amide bonds. The van der Waals surface area contributed by atoms with Crippen LogP contribution in [0.4, 0.5) is 0 Å². The van der Waals surface area contributed by atoms with E-state index in [1.165, 1.54) is 0 Å². The lowest BCUT2D eigenvalue weighted by Gasteiger charge is -2.15. The maximum Gasteiger partial charge on any atom is 0.331 e. The summed E-state index contributed by atoms with van der Waals surface area (Å²) in [5.41, 5.74) is 2.61. The van der Waals surface area contributed by atoms with E-state index in [9.17, 15) is 14.4 Å². The number of nitrogens with zero attached hydrogens (tertiary/aromatic N) is 2. The van der Waals surface area contributed by atoms with E-state index in [1.54, 1.807) is 28.8 Å². The molecule has 1 heterocycles. The van der Waals surface area contributed by atoms with Crippen LogP contribution in [0.25, 0.3) is 10.9 Å².